The third-order valence-corrected chi connectivity index (χ3v) is 4.93. The second kappa shape index (κ2) is 10.7. The lowest BCUT2D eigenvalue weighted by molar-refractivity contribution is -0.116. The zero-order valence-electron chi connectivity index (χ0n) is 17.1. The molecular formula is C23H30N2O4. The average Bonchev–Trinajstić information content (AvgIpc) is 2.75. The summed E-state index contributed by atoms with van der Waals surface area (Å²) in [5, 5.41) is 6.42. The van der Waals surface area contributed by atoms with Crippen molar-refractivity contribution in [3.05, 3.63) is 48.5 Å². The van der Waals surface area contributed by atoms with Gasteiger partial charge in [-0.05, 0) is 56.2 Å². The molecule has 6 nitrogen and oxygen atoms in total. The lowest BCUT2D eigenvalue weighted by Crippen LogP contribution is -2.41. The summed E-state index contributed by atoms with van der Waals surface area (Å²) in [6.45, 7) is 3.46. The predicted octanol–water partition coefficient (Wildman–Crippen LogP) is 4.01. The highest BCUT2D eigenvalue weighted by atomic mass is 16.6. The average molecular weight is 399 g/mol. The summed E-state index contributed by atoms with van der Waals surface area (Å²) in [5.74, 6) is 2.44. The molecule has 2 unspecified atom stereocenters. The number of hydrogen-bond donors (Lipinski definition) is 2. The van der Waals surface area contributed by atoms with E-state index in [1.165, 1.54) is 0 Å². The van der Waals surface area contributed by atoms with Crippen LogP contribution in [0.4, 0.5) is 5.69 Å². The molecule has 2 aromatic carbocycles. The Bertz CT molecular complexity index is 779. The molecule has 29 heavy (non-hydrogen) atoms. The van der Waals surface area contributed by atoms with Crippen LogP contribution in [-0.2, 0) is 4.79 Å². The van der Waals surface area contributed by atoms with Crippen molar-refractivity contribution in [2.45, 2.75) is 44.8 Å². The van der Waals surface area contributed by atoms with E-state index in [0.29, 0.717) is 19.1 Å². The summed E-state index contributed by atoms with van der Waals surface area (Å²) in [4.78, 5) is 12.1. The predicted molar refractivity (Wildman–Crippen MR) is 114 cm³/mol. The van der Waals surface area contributed by atoms with Crippen molar-refractivity contribution in [1.82, 2.24) is 5.32 Å². The Morgan fingerprint density at radius 3 is 2.66 bits per heavy atom. The van der Waals surface area contributed by atoms with Crippen LogP contribution in [0.1, 0.15) is 32.6 Å². The van der Waals surface area contributed by atoms with Crippen LogP contribution in [0, 0.1) is 0 Å². The van der Waals surface area contributed by atoms with Gasteiger partial charge in [0.15, 0.2) is 11.5 Å². The van der Waals surface area contributed by atoms with Gasteiger partial charge in [0.2, 0.25) is 5.91 Å². The summed E-state index contributed by atoms with van der Waals surface area (Å²) >= 11 is 0. The maximum absolute atomic E-state index is 12.1. The van der Waals surface area contributed by atoms with E-state index in [9.17, 15) is 4.79 Å². The normalized spacial score (nSPS) is 16.1. The van der Waals surface area contributed by atoms with Crippen LogP contribution >= 0.6 is 0 Å². The van der Waals surface area contributed by atoms with Crippen LogP contribution < -0.4 is 24.8 Å². The molecule has 0 fully saturated rings. The Hall–Kier alpha value is -2.73. The van der Waals surface area contributed by atoms with Crippen molar-refractivity contribution in [3.63, 3.8) is 0 Å². The van der Waals surface area contributed by atoms with Gasteiger partial charge in [0.05, 0.1) is 7.11 Å². The molecule has 156 valence electrons. The monoisotopic (exact) mass is 398 g/mol. The van der Waals surface area contributed by atoms with E-state index in [-0.39, 0.29) is 12.0 Å². The van der Waals surface area contributed by atoms with Crippen LogP contribution in [0.2, 0.25) is 0 Å². The Kier molecular flexibility index (Phi) is 7.76. The van der Waals surface area contributed by atoms with E-state index in [4.69, 9.17) is 14.2 Å². The molecule has 2 aromatic rings. The Morgan fingerprint density at radius 1 is 1.14 bits per heavy atom. The molecule has 3 rings (SSSR count). The molecule has 0 radical (unpaired) electrons. The minimum absolute atomic E-state index is 0.0163. The number of anilines is 1. The quantitative estimate of drug-likeness (QED) is 0.592. The van der Waals surface area contributed by atoms with E-state index in [1.54, 1.807) is 7.11 Å². The number of hydrogen-bond acceptors (Lipinski definition) is 5. The summed E-state index contributed by atoms with van der Waals surface area (Å²) in [6.07, 6.45) is 3.41. The minimum Gasteiger partial charge on any atom is -0.497 e. The van der Waals surface area contributed by atoms with Gasteiger partial charge in [0.25, 0.3) is 0 Å². The number of unbranched alkanes of at least 4 members (excludes halogenated alkanes) is 1. The van der Waals surface area contributed by atoms with Gasteiger partial charge in [-0.25, -0.2) is 0 Å². The number of nitrogens with one attached hydrogen (secondary N) is 2. The van der Waals surface area contributed by atoms with E-state index in [0.717, 1.165) is 48.7 Å². The molecule has 0 bridgehead atoms. The first-order valence-electron chi connectivity index (χ1n) is 10.2. The molecule has 0 aliphatic carbocycles. The fourth-order valence-electron chi connectivity index (χ4n) is 3.23. The molecule has 1 aliphatic heterocycles. The maximum atomic E-state index is 12.1. The summed E-state index contributed by atoms with van der Waals surface area (Å²) in [7, 11) is 1.62. The van der Waals surface area contributed by atoms with E-state index < -0.39 is 0 Å². The number of rotatable bonds is 10. The zero-order chi connectivity index (χ0) is 20.5. The number of methoxy groups -OCH3 is 1. The van der Waals surface area contributed by atoms with E-state index >= 15 is 0 Å². The van der Waals surface area contributed by atoms with Gasteiger partial charge in [-0.2, -0.15) is 0 Å². The fraction of sp³-hybridized carbons (Fsp3) is 0.435. The Labute approximate surface area is 172 Å². The first-order chi connectivity index (χ1) is 14.1. The SMILES string of the molecule is COc1ccc(NC(=O)CCCCC(C)NCC2COc3ccccc3O2)cc1. The number of carbonyl (C=O) groups excluding carboxylic acids is 1. The topological polar surface area (TPSA) is 68.8 Å². The van der Waals surface area contributed by atoms with Gasteiger partial charge >= 0.3 is 0 Å². The van der Waals surface area contributed by atoms with Crippen LogP contribution in [0.15, 0.2) is 48.5 Å². The number of para-hydroxylation sites is 2. The van der Waals surface area contributed by atoms with Gasteiger partial charge in [-0.1, -0.05) is 18.6 Å². The molecule has 0 saturated carbocycles. The van der Waals surface area contributed by atoms with Crippen molar-refractivity contribution < 1.29 is 19.0 Å². The van der Waals surface area contributed by atoms with E-state index in [2.05, 4.69) is 17.6 Å². The number of ether oxygens (including phenoxy) is 3. The Morgan fingerprint density at radius 2 is 1.90 bits per heavy atom. The molecule has 0 spiro atoms. The van der Waals surface area contributed by atoms with Crippen LogP contribution in [0.3, 0.4) is 0 Å². The summed E-state index contributed by atoms with van der Waals surface area (Å²) < 4.78 is 16.8. The van der Waals surface area contributed by atoms with Gasteiger partial charge in [-0.3, -0.25) is 4.79 Å². The number of amides is 1. The van der Waals surface area contributed by atoms with Gasteiger partial charge in [-0.15, -0.1) is 0 Å². The van der Waals surface area contributed by atoms with Gasteiger partial charge in [0, 0.05) is 24.7 Å². The Balaban J connectivity index is 1.27. The molecule has 1 heterocycles. The summed E-state index contributed by atoms with van der Waals surface area (Å²) in [6, 6.07) is 15.5. The third-order valence-electron chi connectivity index (χ3n) is 4.93. The highest BCUT2D eigenvalue weighted by Crippen LogP contribution is 2.30. The molecule has 2 atom stereocenters. The number of carbonyl (C=O) groups is 1. The largest absolute Gasteiger partial charge is 0.497 e. The molecule has 6 heteroatoms. The molecule has 1 amide bonds. The van der Waals surface area contributed by atoms with Crippen molar-refractivity contribution >= 4 is 11.6 Å². The number of benzene rings is 2. The molecule has 2 N–H and O–H groups in total. The molecule has 1 aliphatic rings. The highest BCUT2D eigenvalue weighted by molar-refractivity contribution is 5.90. The van der Waals surface area contributed by atoms with Crippen LogP contribution in [0.25, 0.3) is 0 Å². The maximum Gasteiger partial charge on any atom is 0.224 e. The van der Waals surface area contributed by atoms with Gasteiger partial charge < -0.3 is 24.8 Å². The van der Waals surface area contributed by atoms with Crippen LogP contribution in [-0.4, -0.2) is 38.3 Å². The molecule has 0 aromatic heterocycles. The smallest absolute Gasteiger partial charge is 0.224 e. The first-order valence-corrected chi connectivity index (χ1v) is 10.2. The van der Waals surface area contributed by atoms with Gasteiger partial charge in [0.1, 0.15) is 18.5 Å². The van der Waals surface area contributed by atoms with Crippen molar-refractivity contribution in [3.8, 4) is 17.2 Å². The summed E-state index contributed by atoms with van der Waals surface area (Å²) in [5.41, 5.74) is 0.794. The number of fused-ring (bicyclic) bond motifs is 1. The minimum atomic E-state index is 0.0163. The van der Waals surface area contributed by atoms with E-state index in [1.807, 2.05) is 48.5 Å². The third kappa shape index (κ3) is 6.68. The van der Waals surface area contributed by atoms with Crippen molar-refractivity contribution in [1.29, 1.82) is 0 Å². The lowest BCUT2D eigenvalue weighted by atomic mass is 10.1. The highest BCUT2D eigenvalue weighted by Gasteiger charge is 2.20. The first kappa shape index (κ1) is 21.0. The van der Waals surface area contributed by atoms with Crippen LogP contribution in [0.5, 0.6) is 17.2 Å². The second-order valence-electron chi connectivity index (χ2n) is 7.33. The van der Waals surface area contributed by atoms with Crippen molar-refractivity contribution in [2.24, 2.45) is 0 Å². The standard InChI is InChI=1S/C23H30N2O4/c1-17(24-15-20-16-28-21-8-4-5-9-22(21)29-20)7-3-6-10-23(26)25-18-11-13-19(27-2)14-12-18/h4-5,8-9,11-14,17,20,24H,3,6-7,10,15-16H2,1-2H3,(H,25,26). The molecular weight excluding hydrogens is 368 g/mol. The lowest BCUT2D eigenvalue weighted by Gasteiger charge is -2.27. The second-order valence-corrected chi connectivity index (χ2v) is 7.33. The zero-order valence-corrected chi connectivity index (χ0v) is 17.1. The van der Waals surface area contributed by atoms with Crippen molar-refractivity contribution in [2.75, 3.05) is 25.6 Å². The molecule has 0 saturated heterocycles. The fourth-order valence-corrected chi connectivity index (χ4v) is 3.23.